The lowest BCUT2D eigenvalue weighted by Crippen LogP contribution is -2.05. The third-order valence-corrected chi connectivity index (χ3v) is 3.66. The maximum atomic E-state index is 5.44. The average Bonchev–Trinajstić information content (AvgIpc) is 3.05. The number of nitrogens with one attached hydrogen (secondary N) is 1. The number of pyridine rings is 1. The smallest absolute Gasteiger partial charge is 0.218 e. The normalized spacial score (nSPS) is 11.0. The van der Waals surface area contributed by atoms with Crippen LogP contribution in [0, 0.1) is 6.92 Å². The first kappa shape index (κ1) is 16.7. The Balaban J connectivity index is 1.83. The summed E-state index contributed by atoms with van der Waals surface area (Å²) in [6, 6.07) is 15.6. The monoisotopic (exact) mass is 335 g/mol. The summed E-state index contributed by atoms with van der Waals surface area (Å²) in [5.74, 6) is 1.38. The van der Waals surface area contributed by atoms with Gasteiger partial charge in [0.2, 0.25) is 5.88 Å². The summed E-state index contributed by atoms with van der Waals surface area (Å²) in [4.78, 5) is 8.87. The fourth-order valence-corrected chi connectivity index (χ4v) is 2.51. The van der Waals surface area contributed by atoms with E-state index in [0.717, 1.165) is 28.6 Å². The molecule has 0 unspecified atom stereocenters. The van der Waals surface area contributed by atoms with E-state index in [1.807, 2.05) is 62.4 Å². The highest BCUT2D eigenvalue weighted by atomic mass is 16.5. The second kappa shape index (κ2) is 7.61. The Bertz CT molecular complexity index is 885. The van der Waals surface area contributed by atoms with Gasteiger partial charge < -0.3 is 10.1 Å². The van der Waals surface area contributed by atoms with Crippen LogP contribution in [0.15, 0.2) is 53.5 Å². The summed E-state index contributed by atoms with van der Waals surface area (Å²) < 4.78 is 7.15. The van der Waals surface area contributed by atoms with Crippen LogP contribution in [0.25, 0.3) is 5.82 Å². The van der Waals surface area contributed by atoms with Crippen molar-refractivity contribution in [3.63, 3.8) is 0 Å². The highest BCUT2D eigenvalue weighted by Crippen LogP contribution is 2.25. The molecule has 0 bridgehead atoms. The van der Waals surface area contributed by atoms with E-state index in [1.165, 1.54) is 0 Å². The Kier molecular flexibility index (Phi) is 5.09. The summed E-state index contributed by atoms with van der Waals surface area (Å²) in [6.45, 7) is 4.41. The SMILES string of the molecule is CC=Nc1ccccc1NCc1cc(OC)n(-c2cccc(C)n2)n1. The molecule has 0 amide bonds. The number of para-hydroxylation sites is 2. The second-order valence-corrected chi connectivity index (χ2v) is 5.49. The first-order valence-corrected chi connectivity index (χ1v) is 8.10. The van der Waals surface area contributed by atoms with Crippen LogP contribution < -0.4 is 10.1 Å². The zero-order valence-corrected chi connectivity index (χ0v) is 14.6. The summed E-state index contributed by atoms with van der Waals surface area (Å²) in [5.41, 5.74) is 3.65. The number of ether oxygens (including phenoxy) is 1. The number of methoxy groups -OCH3 is 1. The molecule has 0 aliphatic carbocycles. The van der Waals surface area contributed by atoms with E-state index in [4.69, 9.17) is 4.74 Å². The minimum absolute atomic E-state index is 0.561. The van der Waals surface area contributed by atoms with Gasteiger partial charge in [-0.25, -0.2) is 4.98 Å². The first-order chi connectivity index (χ1) is 12.2. The molecule has 128 valence electrons. The average molecular weight is 335 g/mol. The molecule has 0 saturated heterocycles. The third-order valence-electron chi connectivity index (χ3n) is 3.66. The maximum Gasteiger partial charge on any atom is 0.218 e. The van der Waals surface area contributed by atoms with E-state index in [-0.39, 0.29) is 0 Å². The van der Waals surface area contributed by atoms with Crippen LogP contribution >= 0.6 is 0 Å². The Morgan fingerprint density at radius 3 is 2.80 bits per heavy atom. The maximum absolute atomic E-state index is 5.44. The number of anilines is 1. The molecule has 25 heavy (non-hydrogen) atoms. The van der Waals surface area contributed by atoms with Crippen molar-refractivity contribution in [2.45, 2.75) is 20.4 Å². The van der Waals surface area contributed by atoms with Crippen LogP contribution in [-0.2, 0) is 6.54 Å². The summed E-state index contributed by atoms with van der Waals surface area (Å²) >= 11 is 0. The number of hydrogen-bond donors (Lipinski definition) is 1. The number of aliphatic imine (C=N–C) groups is 1. The van der Waals surface area contributed by atoms with E-state index in [9.17, 15) is 0 Å². The van der Waals surface area contributed by atoms with Crippen molar-refractivity contribution in [1.82, 2.24) is 14.8 Å². The van der Waals surface area contributed by atoms with Gasteiger partial charge in [-0.1, -0.05) is 18.2 Å². The minimum Gasteiger partial charge on any atom is -0.481 e. The Hall–Kier alpha value is -3.15. The number of aromatic nitrogens is 3. The Morgan fingerprint density at radius 1 is 1.20 bits per heavy atom. The fourth-order valence-electron chi connectivity index (χ4n) is 2.51. The molecule has 0 aliphatic rings. The van der Waals surface area contributed by atoms with Crippen molar-refractivity contribution in [3.8, 4) is 11.7 Å². The fraction of sp³-hybridized carbons (Fsp3) is 0.211. The van der Waals surface area contributed by atoms with Gasteiger partial charge in [0.05, 0.1) is 30.7 Å². The molecule has 6 nitrogen and oxygen atoms in total. The van der Waals surface area contributed by atoms with Crippen molar-refractivity contribution in [1.29, 1.82) is 0 Å². The van der Waals surface area contributed by atoms with Crippen molar-refractivity contribution in [2.75, 3.05) is 12.4 Å². The van der Waals surface area contributed by atoms with Gasteiger partial charge in [0, 0.05) is 18.0 Å². The van der Waals surface area contributed by atoms with Crippen LogP contribution in [0.1, 0.15) is 18.3 Å². The Labute approximate surface area is 147 Å². The molecule has 1 N–H and O–H groups in total. The third kappa shape index (κ3) is 3.85. The molecule has 0 aliphatic heterocycles. The predicted octanol–water partition coefficient (Wildman–Crippen LogP) is 3.92. The van der Waals surface area contributed by atoms with Crippen LogP contribution in [0.3, 0.4) is 0 Å². The lowest BCUT2D eigenvalue weighted by Gasteiger charge is -2.07. The molecule has 0 saturated carbocycles. The van der Waals surface area contributed by atoms with Crippen LogP contribution in [0.4, 0.5) is 11.4 Å². The highest BCUT2D eigenvalue weighted by molar-refractivity contribution is 5.71. The van der Waals surface area contributed by atoms with E-state index in [1.54, 1.807) is 18.0 Å². The molecule has 0 fully saturated rings. The number of rotatable bonds is 6. The highest BCUT2D eigenvalue weighted by Gasteiger charge is 2.11. The molecule has 3 rings (SSSR count). The first-order valence-electron chi connectivity index (χ1n) is 8.10. The van der Waals surface area contributed by atoms with Gasteiger partial charge in [-0.15, -0.1) is 0 Å². The summed E-state index contributed by atoms with van der Waals surface area (Å²) in [6.07, 6.45) is 1.78. The molecule has 0 spiro atoms. The van der Waals surface area contributed by atoms with Crippen molar-refractivity contribution in [2.24, 2.45) is 4.99 Å². The van der Waals surface area contributed by atoms with Gasteiger partial charge in [-0.3, -0.25) is 4.99 Å². The van der Waals surface area contributed by atoms with E-state index >= 15 is 0 Å². The quantitative estimate of drug-likeness (QED) is 0.694. The summed E-state index contributed by atoms with van der Waals surface area (Å²) in [5, 5.41) is 7.99. The lowest BCUT2D eigenvalue weighted by atomic mass is 10.2. The van der Waals surface area contributed by atoms with Crippen molar-refractivity contribution >= 4 is 17.6 Å². The second-order valence-electron chi connectivity index (χ2n) is 5.49. The molecule has 2 heterocycles. The molecule has 0 radical (unpaired) electrons. The molecule has 2 aromatic heterocycles. The predicted molar refractivity (Wildman–Crippen MR) is 100 cm³/mol. The van der Waals surface area contributed by atoms with Gasteiger partial charge in [-0.2, -0.15) is 9.78 Å². The van der Waals surface area contributed by atoms with Crippen molar-refractivity contribution in [3.05, 3.63) is 59.9 Å². The zero-order valence-electron chi connectivity index (χ0n) is 14.6. The molecule has 6 heteroatoms. The van der Waals surface area contributed by atoms with Gasteiger partial charge in [0.15, 0.2) is 5.82 Å². The van der Waals surface area contributed by atoms with E-state index in [0.29, 0.717) is 12.4 Å². The van der Waals surface area contributed by atoms with Crippen molar-refractivity contribution < 1.29 is 4.74 Å². The lowest BCUT2D eigenvalue weighted by molar-refractivity contribution is 0.382. The van der Waals surface area contributed by atoms with E-state index < -0.39 is 0 Å². The van der Waals surface area contributed by atoms with Crippen LogP contribution in [0.5, 0.6) is 5.88 Å². The van der Waals surface area contributed by atoms with Crippen LogP contribution in [0.2, 0.25) is 0 Å². The van der Waals surface area contributed by atoms with Gasteiger partial charge in [-0.05, 0) is 38.1 Å². The molecule has 1 aromatic carbocycles. The van der Waals surface area contributed by atoms with Gasteiger partial charge in [0.25, 0.3) is 0 Å². The zero-order chi connectivity index (χ0) is 17.6. The largest absolute Gasteiger partial charge is 0.481 e. The summed E-state index contributed by atoms with van der Waals surface area (Å²) in [7, 11) is 1.63. The molecule has 0 atom stereocenters. The Morgan fingerprint density at radius 2 is 2.04 bits per heavy atom. The molecular formula is C19H21N5O. The van der Waals surface area contributed by atoms with Gasteiger partial charge in [0.1, 0.15) is 0 Å². The molecular weight excluding hydrogens is 314 g/mol. The number of benzene rings is 1. The van der Waals surface area contributed by atoms with E-state index in [2.05, 4.69) is 20.4 Å². The minimum atomic E-state index is 0.561. The number of aryl methyl sites for hydroxylation is 1. The van der Waals surface area contributed by atoms with Crippen LogP contribution in [-0.4, -0.2) is 28.1 Å². The standard InChI is InChI=1S/C19H21N5O/c1-4-20-16-9-5-6-10-17(16)21-13-15-12-19(25-3)24(23-15)18-11-7-8-14(2)22-18/h4-12,21H,13H2,1-3H3. The number of nitrogens with zero attached hydrogens (tertiary/aromatic N) is 4. The van der Waals surface area contributed by atoms with Gasteiger partial charge >= 0.3 is 0 Å². The number of hydrogen-bond acceptors (Lipinski definition) is 5. The topological polar surface area (TPSA) is 64.3 Å². The molecule has 3 aromatic rings.